The molecule has 19 heavy (non-hydrogen) atoms. The number of halogens is 1. The minimum absolute atomic E-state index is 0. The van der Waals surface area contributed by atoms with Gasteiger partial charge in [-0.2, -0.15) is 0 Å². The Labute approximate surface area is 120 Å². The van der Waals surface area contributed by atoms with Gasteiger partial charge in [-0.25, -0.2) is 0 Å². The molecule has 0 heterocycles. The Balaban J connectivity index is 0.00000180. The lowest BCUT2D eigenvalue weighted by Crippen LogP contribution is -2.10. The number of rotatable bonds is 5. The van der Waals surface area contributed by atoms with E-state index in [0.717, 1.165) is 18.4 Å². The zero-order chi connectivity index (χ0) is 12.8. The molecule has 102 valence electrons. The SMILES string of the molecule is Cl.N[C@@H](CCCO)c1cccc(-c2ccccc2)c1. The summed E-state index contributed by atoms with van der Waals surface area (Å²) in [4.78, 5) is 0. The summed E-state index contributed by atoms with van der Waals surface area (Å²) in [5.74, 6) is 0. The van der Waals surface area contributed by atoms with Crippen LogP contribution in [0.5, 0.6) is 0 Å². The first-order chi connectivity index (χ1) is 8.81. The predicted molar refractivity (Wildman–Crippen MR) is 82.4 cm³/mol. The lowest BCUT2D eigenvalue weighted by molar-refractivity contribution is 0.280. The topological polar surface area (TPSA) is 46.2 Å². The second-order valence-corrected chi connectivity index (χ2v) is 4.46. The normalized spacial score (nSPS) is 11.7. The summed E-state index contributed by atoms with van der Waals surface area (Å²) in [5, 5.41) is 8.84. The fourth-order valence-electron chi connectivity index (χ4n) is 2.06. The highest BCUT2D eigenvalue weighted by Gasteiger charge is 2.06. The highest BCUT2D eigenvalue weighted by atomic mass is 35.5. The van der Waals surface area contributed by atoms with Crippen LogP contribution in [-0.2, 0) is 0 Å². The van der Waals surface area contributed by atoms with Crippen molar-refractivity contribution in [3.05, 3.63) is 60.2 Å². The molecule has 0 aliphatic heterocycles. The first-order valence-corrected chi connectivity index (χ1v) is 6.33. The zero-order valence-electron chi connectivity index (χ0n) is 10.8. The van der Waals surface area contributed by atoms with Crippen LogP contribution in [0.3, 0.4) is 0 Å². The standard InChI is InChI=1S/C16H19NO.ClH/c17-16(10-5-11-18)15-9-4-8-14(12-15)13-6-2-1-3-7-13;/h1-4,6-9,12,16,18H,5,10-11,17H2;1H/t16-;/m0./s1. The minimum Gasteiger partial charge on any atom is -0.396 e. The molecule has 0 spiro atoms. The van der Waals surface area contributed by atoms with Gasteiger partial charge in [0.05, 0.1) is 0 Å². The number of hydrogen-bond donors (Lipinski definition) is 2. The lowest BCUT2D eigenvalue weighted by Gasteiger charge is -2.12. The van der Waals surface area contributed by atoms with Crippen LogP contribution >= 0.6 is 12.4 Å². The van der Waals surface area contributed by atoms with Gasteiger partial charge in [0.1, 0.15) is 0 Å². The van der Waals surface area contributed by atoms with Gasteiger partial charge in [-0.15, -0.1) is 12.4 Å². The van der Waals surface area contributed by atoms with Crippen molar-refractivity contribution >= 4 is 12.4 Å². The first-order valence-electron chi connectivity index (χ1n) is 6.33. The van der Waals surface area contributed by atoms with E-state index in [-0.39, 0.29) is 25.1 Å². The summed E-state index contributed by atoms with van der Waals surface area (Å²) in [6, 6.07) is 18.6. The van der Waals surface area contributed by atoms with E-state index in [1.807, 2.05) is 24.3 Å². The molecule has 3 N–H and O–H groups in total. The van der Waals surface area contributed by atoms with Crippen molar-refractivity contribution < 1.29 is 5.11 Å². The summed E-state index contributed by atoms with van der Waals surface area (Å²) in [5.41, 5.74) is 9.64. The highest BCUT2D eigenvalue weighted by Crippen LogP contribution is 2.23. The Morgan fingerprint density at radius 2 is 1.63 bits per heavy atom. The molecule has 0 aliphatic carbocycles. The Hall–Kier alpha value is -1.35. The van der Waals surface area contributed by atoms with E-state index in [1.165, 1.54) is 11.1 Å². The van der Waals surface area contributed by atoms with Crippen molar-refractivity contribution in [1.82, 2.24) is 0 Å². The van der Waals surface area contributed by atoms with E-state index in [2.05, 4.69) is 30.3 Å². The van der Waals surface area contributed by atoms with Gasteiger partial charge in [-0.05, 0) is 35.6 Å². The third kappa shape index (κ3) is 4.35. The van der Waals surface area contributed by atoms with Gasteiger partial charge >= 0.3 is 0 Å². The van der Waals surface area contributed by atoms with Crippen molar-refractivity contribution in [3.8, 4) is 11.1 Å². The molecule has 2 aromatic carbocycles. The molecule has 0 saturated heterocycles. The third-order valence-corrected chi connectivity index (χ3v) is 3.10. The van der Waals surface area contributed by atoms with Crippen LogP contribution in [0, 0.1) is 0 Å². The number of aliphatic hydroxyl groups excluding tert-OH is 1. The summed E-state index contributed by atoms with van der Waals surface area (Å²) in [6.07, 6.45) is 1.56. The molecule has 0 unspecified atom stereocenters. The second-order valence-electron chi connectivity index (χ2n) is 4.46. The van der Waals surface area contributed by atoms with Crippen LogP contribution in [0.2, 0.25) is 0 Å². The monoisotopic (exact) mass is 277 g/mol. The molecule has 0 amide bonds. The third-order valence-electron chi connectivity index (χ3n) is 3.10. The van der Waals surface area contributed by atoms with E-state index >= 15 is 0 Å². The van der Waals surface area contributed by atoms with Crippen LogP contribution < -0.4 is 5.73 Å². The van der Waals surface area contributed by atoms with Gasteiger partial charge in [0.25, 0.3) is 0 Å². The Bertz CT molecular complexity index is 487. The van der Waals surface area contributed by atoms with E-state index in [1.54, 1.807) is 0 Å². The fraction of sp³-hybridized carbons (Fsp3) is 0.250. The predicted octanol–water partition coefficient (Wildman–Crippen LogP) is 3.55. The second kappa shape index (κ2) is 7.95. The van der Waals surface area contributed by atoms with Crippen molar-refractivity contribution in [1.29, 1.82) is 0 Å². The average molecular weight is 278 g/mol. The summed E-state index contributed by atoms with van der Waals surface area (Å²) >= 11 is 0. The molecular formula is C16H20ClNO. The van der Waals surface area contributed by atoms with Gasteiger partial charge in [0, 0.05) is 12.6 Å². The molecule has 0 aliphatic rings. The number of aliphatic hydroxyl groups is 1. The molecule has 0 bridgehead atoms. The van der Waals surface area contributed by atoms with Gasteiger partial charge in [0.2, 0.25) is 0 Å². The number of hydrogen-bond acceptors (Lipinski definition) is 2. The van der Waals surface area contributed by atoms with E-state index in [4.69, 9.17) is 10.8 Å². The molecule has 0 saturated carbocycles. The van der Waals surface area contributed by atoms with Crippen LogP contribution in [0.25, 0.3) is 11.1 Å². The highest BCUT2D eigenvalue weighted by molar-refractivity contribution is 5.85. The van der Waals surface area contributed by atoms with E-state index in [9.17, 15) is 0 Å². The van der Waals surface area contributed by atoms with Gasteiger partial charge in [-0.1, -0.05) is 48.5 Å². The smallest absolute Gasteiger partial charge is 0.0431 e. The van der Waals surface area contributed by atoms with Gasteiger partial charge in [0.15, 0.2) is 0 Å². The van der Waals surface area contributed by atoms with Crippen LogP contribution in [0.15, 0.2) is 54.6 Å². The first kappa shape index (κ1) is 15.7. The molecule has 3 heteroatoms. The average Bonchev–Trinajstić information content (AvgIpc) is 2.46. The van der Waals surface area contributed by atoms with Gasteiger partial charge < -0.3 is 10.8 Å². The molecule has 0 radical (unpaired) electrons. The van der Waals surface area contributed by atoms with Gasteiger partial charge in [-0.3, -0.25) is 0 Å². The molecule has 0 aromatic heterocycles. The quantitative estimate of drug-likeness (QED) is 0.878. The summed E-state index contributed by atoms with van der Waals surface area (Å²) in [7, 11) is 0. The Kier molecular flexibility index (Phi) is 6.57. The maximum atomic E-state index is 8.84. The van der Waals surface area contributed by atoms with Crippen molar-refractivity contribution in [2.75, 3.05) is 6.61 Å². The summed E-state index contributed by atoms with van der Waals surface area (Å²) < 4.78 is 0. The largest absolute Gasteiger partial charge is 0.396 e. The van der Waals surface area contributed by atoms with E-state index < -0.39 is 0 Å². The van der Waals surface area contributed by atoms with Crippen molar-refractivity contribution in [2.45, 2.75) is 18.9 Å². The zero-order valence-corrected chi connectivity index (χ0v) is 11.6. The number of nitrogens with two attached hydrogens (primary N) is 1. The maximum Gasteiger partial charge on any atom is 0.0431 e. The molecule has 2 nitrogen and oxygen atoms in total. The van der Waals surface area contributed by atoms with Crippen molar-refractivity contribution in [3.63, 3.8) is 0 Å². The number of benzene rings is 2. The fourth-order valence-corrected chi connectivity index (χ4v) is 2.06. The van der Waals surface area contributed by atoms with Crippen LogP contribution in [-0.4, -0.2) is 11.7 Å². The maximum absolute atomic E-state index is 8.84. The molecular weight excluding hydrogens is 258 g/mol. The Morgan fingerprint density at radius 3 is 2.32 bits per heavy atom. The molecule has 2 rings (SSSR count). The van der Waals surface area contributed by atoms with Crippen molar-refractivity contribution in [2.24, 2.45) is 5.73 Å². The van der Waals surface area contributed by atoms with Crippen LogP contribution in [0.4, 0.5) is 0 Å². The lowest BCUT2D eigenvalue weighted by atomic mass is 9.98. The molecule has 0 fully saturated rings. The minimum atomic E-state index is 0. The molecule has 2 aromatic rings. The molecule has 1 atom stereocenters. The Morgan fingerprint density at radius 1 is 0.947 bits per heavy atom. The van der Waals surface area contributed by atoms with E-state index in [0.29, 0.717) is 0 Å². The summed E-state index contributed by atoms with van der Waals surface area (Å²) in [6.45, 7) is 0.200. The van der Waals surface area contributed by atoms with Crippen LogP contribution in [0.1, 0.15) is 24.4 Å².